The molecule has 0 saturated heterocycles. The minimum absolute atomic E-state index is 0.0339. The number of nitrogens with one attached hydrogen (secondary N) is 2. The molecule has 3 rings (SSSR count). The van der Waals surface area contributed by atoms with Gasteiger partial charge in [0.2, 0.25) is 5.91 Å². The third kappa shape index (κ3) is 6.34. The minimum atomic E-state index is -0.543. The van der Waals surface area contributed by atoms with E-state index in [1.165, 1.54) is 5.56 Å². The Morgan fingerprint density at radius 1 is 0.966 bits per heavy atom. The molecule has 0 aliphatic carbocycles. The van der Waals surface area contributed by atoms with Crippen molar-refractivity contribution in [3.8, 4) is 11.1 Å². The molecule has 0 radical (unpaired) electrons. The summed E-state index contributed by atoms with van der Waals surface area (Å²) in [6.07, 6.45) is 2.31. The summed E-state index contributed by atoms with van der Waals surface area (Å²) in [5.74, 6) is -0.0339. The molecule has 7 nitrogen and oxygen atoms in total. The fourth-order valence-electron chi connectivity index (χ4n) is 3.13. The van der Waals surface area contributed by atoms with Crippen molar-refractivity contribution in [1.82, 2.24) is 10.6 Å². The quantitative estimate of drug-likeness (QED) is 0.569. The van der Waals surface area contributed by atoms with Gasteiger partial charge in [-0.15, -0.1) is 0 Å². The number of hydrogen-bond donors (Lipinski definition) is 3. The molecule has 0 fully saturated rings. The Labute approximate surface area is 170 Å². The van der Waals surface area contributed by atoms with E-state index in [0.29, 0.717) is 38.8 Å². The normalized spacial score (nSPS) is 15.3. The zero-order chi connectivity index (χ0) is 20.5. The molecule has 2 aromatic carbocycles. The first kappa shape index (κ1) is 20.4. The topological polar surface area (TPSA) is 106 Å². The van der Waals surface area contributed by atoms with Crippen LogP contribution >= 0.6 is 0 Å². The number of carbonyl (C=O) groups is 2. The Morgan fingerprint density at radius 3 is 2.38 bits per heavy atom. The number of unbranched alkanes of at least 4 members (excludes halogenated alkanes) is 1. The van der Waals surface area contributed by atoms with Crippen molar-refractivity contribution in [2.45, 2.75) is 31.8 Å². The maximum atomic E-state index is 11.9. The van der Waals surface area contributed by atoms with Crippen molar-refractivity contribution in [3.63, 3.8) is 0 Å². The minimum Gasteiger partial charge on any atom is -0.390 e. The van der Waals surface area contributed by atoms with E-state index in [1.54, 1.807) is 0 Å². The van der Waals surface area contributed by atoms with Crippen molar-refractivity contribution in [2.75, 3.05) is 13.1 Å². The van der Waals surface area contributed by atoms with Crippen LogP contribution in [0.2, 0.25) is 0 Å². The molecular formula is C22H26N4O3. The van der Waals surface area contributed by atoms with Gasteiger partial charge in [-0.1, -0.05) is 59.8 Å². The highest BCUT2D eigenvalue weighted by atomic mass is 16.6. The lowest BCUT2D eigenvalue weighted by Gasteiger charge is -2.10. The van der Waals surface area contributed by atoms with Crippen molar-refractivity contribution in [3.05, 3.63) is 60.2 Å². The summed E-state index contributed by atoms with van der Waals surface area (Å²) in [5, 5.41) is 9.56. The maximum Gasteiger partial charge on any atom is 0.312 e. The molecule has 1 atom stereocenters. The Bertz CT molecular complexity index is 850. The van der Waals surface area contributed by atoms with Crippen LogP contribution in [0.3, 0.4) is 0 Å². The van der Waals surface area contributed by atoms with E-state index >= 15 is 0 Å². The van der Waals surface area contributed by atoms with E-state index in [-0.39, 0.29) is 12.0 Å². The molecule has 0 saturated carbocycles. The molecule has 7 heteroatoms. The van der Waals surface area contributed by atoms with Crippen LogP contribution in [0.15, 0.2) is 59.8 Å². The van der Waals surface area contributed by atoms with Crippen LogP contribution < -0.4 is 16.4 Å². The molecule has 29 heavy (non-hydrogen) atoms. The molecule has 0 aromatic heterocycles. The number of oxime groups is 1. The number of benzene rings is 2. The molecule has 0 spiro atoms. The second-order valence-corrected chi connectivity index (χ2v) is 6.97. The van der Waals surface area contributed by atoms with Gasteiger partial charge in [-0.3, -0.25) is 4.79 Å². The first-order chi connectivity index (χ1) is 14.1. The molecule has 0 bridgehead atoms. The highest BCUT2D eigenvalue weighted by molar-refractivity contribution is 6.01. The van der Waals surface area contributed by atoms with Crippen molar-refractivity contribution in [1.29, 1.82) is 0 Å². The molecule has 1 heterocycles. The number of nitrogens with two attached hydrogens (primary N) is 1. The summed E-state index contributed by atoms with van der Waals surface area (Å²) < 4.78 is 0. The van der Waals surface area contributed by atoms with Crippen molar-refractivity contribution < 1.29 is 14.4 Å². The largest absolute Gasteiger partial charge is 0.390 e. The Hall–Kier alpha value is -3.35. The number of urea groups is 1. The average molecular weight is 394 g/mol. The molecule has 3 amide bonds. The van der Waals surface area contributed by atoms with Crippen LogP contribution in [0.25, 0.3) is 11.1 Å². The van der Waals surface area contributed by atoms with E-state index in [0.717, 1.165) is 16.8 Å². The summed E-state index contributed by atoms with van der Waals surface area (Å²) in [7, 11) is 0. The molecule has 0 unspecified atom stereocenters. The Kier molecular flexibility index (Phi) is 7.22. The van der Waals surface area contributed by atoms with Crippen LogP contribution in [0.5, 0.6) is 0 Å². The summed E-state index contributed by atoms with van der Waals surface area (Å²) >= 11 is 0. The molecule has 152 valence electrons. The molecular weight excluding hydrogens is 368 g/mol. The summed E-state index contributed by atoms with van der Waals surface area (Å²) in [6.45, 7) is 0.905. The molecule has 4 N–H and O–H groups in total. The summed E-state index contributed by atoms with van der Waals surface area (Å²) in [5.41, 5.74) is 9.24. The predicted molar refractivity (Wildman–Crippen MR) is 112 cm³/mol. The van der Waals surface area contributed by atoms with Gasteiger partial charge in [0.15, 0.2) is 0 Å². The second kappa shape index (κ2) is 10.3. The Balaban J connectivity index is 1.39. The Morgan fingerprint density at radius 2 is 1.66 bits per heavy atom. The fourth-order valence-corrected chi connectivity index (χ4v) is 3.13. The third-order valence-corrected chi connectivity index (χ3v) is 4.71. The molecule has 1 aliphatic heterocycles. The first-order valence-corrected chi connectivity index (χ1v) is 9.80. The van der Waals surface area contributed by atoms with Crippen LogP contribution in [0.4, 0.5) is 4.79 Å². The second-order valence-electron chi connectivity index (χ2n) is 6.97. The monoisotopic (exact) mass is 394 g/mol. The highest BCUT2D eigenvalue weighted by Gasteiger charge is 2.22. The number of hydrogen-bond acceptors (Lipinski definition) is 4. The number of amides is 3. The van der Waals surface area contributed by atoms with Crippen LogP contribution in [-0.2, 0) is 9.63 Å². The van der Waals surface area contributed by atoms with Gasteiger partial charge < -0.3 is 21.2 Å². The van der Waals surface area contributed by atoms with Crippen molar-refractivity contribution >= 4 is 17.6 Å². The standard InChI is InChI=1S/C22H26N4O3/c23-22(28)24-13-5-4-8-21(27)25-15-19-14-20(26-29-19)18-11-9-17(10-12-18)16-6-2-1-3-7-16/h1-3,6-7,9-12,19H,4-5,8,13-15H2,(H,25,27)(H3,23,24,28)/t19-/m1/s1. The van der Waals surface area contributed by atoms with Gasteiger partial charge >= 0.3 is 6.03 Å². The van der Waals surface area contributed by atoms with Gasteiger partial charge in [0, 0.05) is 19.4 Å². The van der Waals surface area contributed by atoms with Crippen LogP contribution in [0.1, 0.15) is 31.2 Å². The van der Waals surface area contributed by atoms with E-state index in [1.807, 2.05) is 30.3 Å². The average Bonchev–Trinajstić information content (AvgIpc) is 3.22. The van der Waals surface area contributed by atoms with E-state index in [9.17, 15) is 9.59 Å². The zero-order valence-corrected chi connectivity index (χ0v) is 16.3. The van der Waals surface area contributed by atoms with E-state index in [2.05, 4.69) is 40.1 Å². The van der Waals surface area contributed by atoms with Gasteiger partial charge in [0.1, 0.15) is 6.10 Å². The number of primary amides is 1. The smallest absolute Gasteiger partial charge is 0.312 e. The SMILES string of the molecule is NC(=O)NCCCCC(=O)NC[C@H]1CC(c2ccc(-c3ccccc3)cc2)=NO1. The first-order valence-electron chi connectivity index (χ1n) is 9.80. The summed E-state index contributed by atoms with van der Waals surface area (Å²) in [6, 6.07) is 17.9. The van der Waals surface area contributed by atoms with Gasteiger partial charge in [0.25, 0.3) is 0 Å². The van der Waals surface area contributed by atoms with Gasteiger partial charge in [0.05, 0.1) is 12.3 Å². The molecule has 2 aromatic rings. The zero-order valence-electron chi connectivity index (χ0n) is 16.3. The fraction of sp³-hybridized carbons (Fsp3) is 0.318. The van der Waals surface area contributed by atoms with Crippen LogP contribution in [-0.4, -0.2) is 36.8 Å². The lowest BCUT2D eigenvalue weighted by Crippen LogP contribution is -2.32. The number of rotatable bonds is 9. The van der Waals surface area contributed by atoms with Crippen LogP contribution in [0, 0.1) is 0 Å². The number of carbonyl (C=O) groups excluding carboxylic acids is 2. The lowest BCUT2D eigenvalue weighted by atomic mass is 10.00. The highest BCUT2D eigenvalue weighted by Crippen LogP contribution is 2.22. The van der Waals surface area contributed by atoms with Gasteiger partial charge in [-0.05, 0) is 29.5 Å². The van der Waals surface area contributed by atoms with Crippen molar-refractivity contribution in [2.24, 2.45) is 10.9 Å². The summed E-state index contributed by atoms with van der Waals surface area (Å²) in [4.78, 5) is 27.9. The maximum absolute atomic E-state index is 11.9. The lowest BCUT2D eigenvalue weighted by molar-refractivity contribution is -0.121. The van der Waals surface area contributed by atoms with Gasteiger partial charge in [-0.25, -0.2) is 4.79 Å². The van der Waals surface area contributed by atoms with Gasteiger partial charge in [-0.2, -0.15) is 0 Å². The third-order valence-electron chi connectivity index (χ3n) is 4.71. The number of nitrogens with zero attached hydrogens (tertiary/aromatic N) is 1. The van der Waals surface area contributed by atoms with E-state index < -0.39 is 6.03 Å². The predicted octanol–water partition coefficient (Wildman–Crippen LogP) is 2.80. The van der Waals surface area contributed by atoms with E-state index in [4.69, 9.17) is 10.6 Å². The molecule has 1 aliphatic rings.